The molecule has 0 saturated carbocycles. The SMILES string of the molecule is Cn1ccnc1Sc1ccc(NC(=O)CCC2CCNC2)cc1. The Hall–Kier alpha value is -1.79. The van der Waals surface area contributed by atoms with Crippen molar-refractivity contribution in [2.24, 2.45) is 13.0 Å². The van der Waals surface area contributed by atoms with Crippen LogP contribution in [0.25, 0.3) is 0 Å². The number of nitrogens with zero attached hydrogens (tertiary/aromatic N) is 2. The molecule has 1 fully saturated rings. The van der Waals surface area contributed by atoms with E-state index in [-0.39, 0.29) is 5.91 Å². The molecule has 1 atom stereocenters. The van der Waals surface area contributed by atoms with Gasteiger partial charge in [0.05, 0.1) is 0 Å². The largest absolute Gasteiger partial charge is 0.329 e. The van der Waals surface area contributed by atoms with Gasteiger partial charge in [0.2, 0.25) is 5.91 Å². The third-order valence-electron chi connectivity index (χ3n) is 4.07. The molecule has 1 aliphatic heterocycles. The number of rotatable bonds is 6. The second-order valence-corrected chi connectivity index (χ2v) is 6.93. The molecule has 6 heteroatoms. The van der Waals surface area contributed by atoms with Gasteiger partial charge in [-0.3, -0.25) is 4.79 Å². The number of anilines is 1. The third kappa shape index (κ3) is 4.59. The summed E-state index contributed by atoms with van der Waals surface area (Å²) in [7, 11) is 1.98. The van der Waals surface area contributed by atoms with Crippen LogP contribution < -0.4 is 10.6 Å². The van der Waals surface area contributed by atoms with Crippen molar-refractivity contribution in [2.75, 3.05) is 18.4 Å². The topological polar surface area (TPSA) is 59.0 Å². The second kappa shape index (κ2) is 7.66. The average molecular weight is 330 g/mol. The van der Waals surface area contributed by atoms with Crippen molar-refractivity contribution >= 4 is 23.4 Å². The molecule has 2 heterocycles. The smallest absolute Gasteiger partial charge is 0.224 e. The highest BCUT2D eigenvalue weighted by molar-refractivity contribution is 7.99. The van der Waals surface area contributed by atoms with Gasteiger partial charge in [0.1, 0.15) is 0 Å². The Bertz CT molecular complexity index is 647. The Balaban J connectivity index is 1.48. The number of benzene rings is 1. The molecule has 1 amide bonds. The van der Waals surface area contributed by atoms with Gasteiger partial charge in [-0.15, -0.1) is 0 Å². The Labute approximate surface area is 140 Å². The number of aryl methyl sites for hydroxylation is 1. The molecule has 1 unspecified atom stereocenters. The summed E-state index contributed by atoms with van der Waals surface area (Å²) < 4.78 is 1.98. The van der Waals surface area contributed by atoms with Crippen molar-refractivity contribution in [3.63, 3.8) is 0 Å². The fourth-order valence-electron chi connectivity index (χ4n) is 2.68. The minimum atomic E-state index is 0.0985. The maximum atomic E-state index is 12.0. The zero-order chi connectivity index (χ0) is 16.1. The summed E-state index contributed by atoms with van der Waals surface area (Å²) >= 11 is 1.61. The minimum Gasteiger partial charge on any atom is -0.329 e. The van der Waals surface area contributed by atoms with Crippen LogP contribution in [0.4, 0.5) is 5.69 Å². The van der Waals surface area contributed by atoms with Gasteiger partial charge in [-0.1, -0.05) is 11.8 Å². The predicted octanol–water partition coefficient (Wildman–Crippen LogP) is 2.90. The highest BCUT2D eigenvalue weighted by atomic mass is 32.2. The van der Waals surface area contributed by atoms with E-state index >= 15 is 0 Å². The van der Waals surface area contributed by atoms with Crippen molar-refractivity contribution < 1.29 is 4.79 Å². The van der Waals surface area contributed by atoms with Gasteiger partial charge in [0.15, 0.2) is 5.16 Å². The number of nitrogens with one attached hydrogen (secondary N) is 2. The fraction of sp³-hybridized carbons (Fsp3) is 0.412. The Morgan fingerprint density at radius 1 is 1.43 bits per heavy atom. The van der Waals surface area contributed by atoms with Crippen LogP contribution in [-0.4, -0.2) is 28.5 Å². The lowest BCUT2D eigenvalue weighted by molar-refractivity contribution is -0.116. The molecule has 1 aliphatic rings. The number of carbonyl (C=O) groups excluding carboxylic acids is 1. The molecule has 1 saturated heterocycles. The third-order valence-corrected chi connectivity index (χ3v) is 5.15. The molecule has 1 aromatic carbocycles. The van der Waals surface area contributed by atoms with E-state index in [0.717, 1.165) is 35.2 Å². The molecular formula is C17H22N4OS. The molecule has 3 rings (SSSR count). The van der Waals surface area contributed by atoms with Gasteiger partial charge in [-0.25, -0.2) is 4.98 Å². The van der Waals surface area contributed by atoms with Crippen molar-refractivity contribution in [3.05, 3.63) is 36.7 Å². The summed E-state index contributed by atoms with van der Waals surface area (Å²) in [4.78, 5) is 17.4. The fourth-order valence-corrected chi connectivity index (χ4v) is 3.48. The van der Waals surface area contributed by atoms with Crippen LogP contribution in [0.1, 0.15) is 19.3 Å². The van der Waals surface area contributed by atoms with Crippen molar-refractivity contribution in [1.82, 2.24) is 14.9 Å². The van der Waals surface area contributed by atoms with E-state index < -0.39 is 0 Å². The number of aromatic nitrogens is 2. The predicted molar refractivity (Wildman–Crippen MR) is 92.6 cm³/mol. The van der Waals surface area contributed by atoms with Crippen LogP contribution in [0.5, 0.6) is 0 Å². The van der Waals surface area contributed by atoms with Crippen molar-refractivity contribution in [2.45, 2.75) is 29.3 Å². The van der Waals surface area contributed by atoms with E-state index in [9.17, 15) is 4.79 Å². The van der Waals surface area contributed by atoms with Crippen LogP contribution in [0, 0.1) is 5.92 Å². The first-order valence-corrected chi connectivity index (χ1v) is 8.78. The molecule has 122 valence electrons. The maximum Gasteiger partial charge on any atom is 0.224 e. The minimum absolute atomic E-state index is 0.0985. The first-order chi connectivity index (χ1) is 11.2. The van der Waals surface area contributed by atoms with E-state index in [1.807, 2.05) is 42.1 Å². The molecule has 0 radical (unpaired) electrons. The van der Waals surface area contributed by atoms with E-state index in [0.29, 0.717) is 12.3 Å². The Kier molecular flexibility index (Phi) is 5.35. The molecule has 0 bridgehead atoms. The van der Waals surface area contributed by atoms with Crippen molar-refractivity contribution in [1.29, 1.82) is 0 Å². The second-order valence-electron chi connectivity index (χ2n) is 5.89. The first kappa shape index (κ1) is 16.1. The number of amides is 1. The van der Waals surface area contributed by atoms with Gasteiger partial charge >= 0.3 is 0 Å². The Morgan fingerprint density at radius 2 is 2.26 bits per heavy atom. The molecule has 5 nitrogen and oxygen atoms in total. The molecular weight excluding hydrogens is 308 g/mol. The lowest BCUT2D eigenvalue weighted by Gasteiger charge is -2.09. The maximum absolute atomic E-state index is 12.0. The summed E-state index contributed by atoms with van der Waals surface area (Å²) in [5.41, 5.74) is 0.851. The summed E-state index contributed by atoms with van der Waals surface area (Å²) in [6.45, 7) is 2.13. The molecule has 2 aromatic rings. The van der Waals surface area contributed by atoms with Crippen molar-refractivity contribution in [3.8, 4) is 0 Å². The lowest BCUT2D eigenvalue weighted by atomic mass is 10.0. The lowest BCUT2D eigenvalue weighted by Crippen LogP contribution is -2.14. The first-order valence-electron chi connectivity index (χ1n) is 7.96. The number of carbonyl (C=O) groups is 1. The highest BCUT2D eigenvalue weighted by Gasteiger charge is 2.15. The van der Waals surface area contributed by atoms with Gasteiger partial charge in [-0.05, 0) is 56.1 Å². The highest BCUT2D eigenvalue weighted by Crippen LogP contribution is 2.26. The van der Waals surface area contributed by atoms with Crippen LogP contribution in [0.15, 0.2) is 46.7 Å². The summed E-state index contributed by atoms with van der Waals surface area (Å²) in [5.74, 6) is 0.749. The van der Waals surface area contributed by atoms with Crippen LogP contribution in [0.2, 0.25) is 0 Å². The molecule has 0 spiro atoms. The van der Waals surface area contributed by atoms with E-state index in [2.05, 4.69) is 15.6 Å². The van der Waals surface area contributed by atoms with E-state index in [4.69, 9.17) is 0 Å². The van der Waals surface area contributed by atoms with E-state index in [1.54, 1.807) is 18.0 Å². The molecule has 0 aliphatic carbocycles. The van der Waals surface area contributed by atoms with Gasteiger partial charge in [0.25, 0.3) is 0 Å². The van der Waals surface area contributed by atoms with Crippen LogP contribution in [0.3, 0.4) is 0 Å². The van der Waals surface area contributed by atoms with Crippen LogP contribution >= 0.6 is 11.8 Å². The zero-order valence-corrected chi connectivity index (χ0v) is 14.1. The van der Waals surface area contributed by atoms with Crippen LogP contribution in [-0.2, 0) is 11.8 Å². The zero-order valence-electron chi connectivity index (χ0n) is 13.3. The Morgan fingerprint density at radius 3 is 2.91 bits per heavy atom. The number of imidazole rings is 1. The summed E-state index contributed by atoms with van der Waals surface area (Å²) in [5, 5.41) is 7.26. The van der Waals surface area contributed by atoms with Gasteiger partial charge < -0.3 is 15.2 Å². The molecule has 1 aromatic heterocycles. The standard InChI is InChI=1S/C17H22N4OS/c1-21-11-10-19-17(21)23-15-5-3-14(4-6-15)20-16(22)7-2-13-8-9-18-12-13/h3-6,10-11,13,18H,2,7-9,12H2,1H3,(H,20,22). The molecule has 2 N–H and O–H groups in total. The van der Waals surface area contributed by atoms with Gasteiger partial charge in [0, 0.05) is 36.4 Å². The average Bonchev–Trinajstić information content (AvgIpc) is 3.20. The summed E-state index contributed by atoms with van der Waals surface area (Å²) in [6.07, 6.45) is 6.46. The monoisotopic (exact) mass is 330 g/mol. The summed E-state index contributed by atoms with van der Waals surface area (Å²) in [6, 6.07) is 7.91. The quantitative estimate of drug-likeness (QED) is 0.855. The van der Waals surface area contributed by atoms with Gasteiger partial charge in [-0.2, -0.15) is 0 Å². The van der Waals surface area contributed by atoms with E-state index in [1.165, 1.54) is 6.42 Å². The molecule has 23 heavy (non-hydrogen) atoms. The normalized spacial score (nSPS) is 17.3. The number of hydrogen-bond acceptors (Lipinski definition) is 4. The number of hydrogen-bond donors (Lipinski definition) is 2.